The van der Waals surface area contributed by atoms with Gasteiger partial charge in [-0.15, -0.1) is 6.58 Å². The molecule has 0 aromatic rings. The molecule has 0 amide bonds. The summed E-state index contributed by atoms with van der Waals surface area (Å²) in [5.41, 5.74) is 0. The monoisotopic (exact) mass is 132 g/mol. The molecule has 2 unspecified atom stereocenters. The molecule has 0 spiro atoms. The lowest BCUT2D eigenvalue weighted by atomic mass is 10.2. The Labute approximate surface area is 54.3 Å². The van der Waals surface area contributed by atoms with Crippen LogP contribution in [0.3, 0.4) is 0 Å². The second-order valence-corrected chi connectivity index (χ2v) is 1.88. The fraction of sp³-hybridized carbons (Fsp3) is 0.667. The largest absolute Gasteiger partial charge is 0.394 e. The minimum atomic E-state index is -0.835. The molecule has 0 bridgehead atoms. The SMILES string of the molecule is C=CC(O)CC(O)CO. The summed E-state index contributed by atoms with van der Waals surface area (Å²) in [6, 6.07) is 0. The number of hydrogen-bond acceptors (Lipinski definition) is 3. The van der Waals surface area contributed by atoms with Crippen LogP contribution in [0.4, 0.5) is 0 Å². The van der Waals surface area contributed by atoms with E-state index in [4.69, 9.17) is 15.3 Å². The molecule has 0 saturated carbocycles. The van der Waals surface area contributed by atoms with Gasteiger partial charge in [-0.3, -0.25) is 0 Å². The van der Waals surface area contributed by atoms with Gasteiger partial charge >= 0.3 is 0 Å². The Morgan fingerprint density at radius 1 is 1.44 bits per heavy atom. The first-order valence-corrected chi connectivity index (χ1v) is 2.80. The first kappa shape index (κ1) is 8.62. The van der Waals surface area contributed by atoms with Crippen LogP contribution >= 0.6 is 0 Å². The zero-order valence-electron chi connectivity index (χ0n) is 5.20. The first-order chi connectivity index (χ1) is 4.20. The van der Waals surface area contributed by atoms with Crippen LogP contribution < -0.4 is 0 Å². The standard InChI is InChI=1S/C6H12O3/c1-2-5(8)3-6(9)4-7/h2,5-9H,1,3-4H2. The molecular formula is C6H12O3. The predicted molar refractivity (Wildman–Crippen MR) is 33.9 cm³/mol. The summed E-state index contributed by atoms with van der Waals surface area (Å²) in [4.78, 5) is 0. The van der Waals surface area contributed by atoms with Gasteiger partial charge in [0.05, 0.1) is 18.8 Å². The highest BCUT2D eigenvalue weighted by Gasteiger charge is 2.06. The molecule has 3 N–H and O–H groups in total. The summed E-state index contributed by atoms with van der Waals surface area (Å²) in [5, 5.41) is 25.8. The molecule has 0 aromatic carbocycles. The molecule has 0 radical (unpaired) electrons. The molecule has 9 heavy (non-hydrogen) atoms. The van der Waals surface area contributed by atoms with E-state index in [-0.39, 0.29) is 13.0 Å². The third-order valence-corrected chi connectivity index (χ3v) is 0.996. The molecule has 0 aromatic heterocycles. The Balaban J connectivity index is 3.33. The van der Waals surface area contributed by atoms with Crippen LogP contribution in [0.5, 0.6) is 0 Å². The fourth-order valence-electron chi connectivity index (χ4n) is 0.450. The van der Waals surface area contributed by atoms with Crippen molar-refractivity contribution in [3.05, 3.63) is 12.7 Å². The summed E-state index contributed by atoms with van der Waals surface area (Å²) in [5.74, 6) is 0. The maximum absolute atomic E-state index is 8.77. The third kappa shape index (κ3) is 4.14. The quantitative estimate of drug-likeness (QED) is 0.442. The van der Waals surface area contributed by atoms with Crippen molar-refractivity contribution in [1.82, 2.24) is 0 Å². The molecule has 0 aliphatic heterocycles. The number of rotatable bonds is 4. The lowest BCUT2D eigenvalue weighted by molar-refractivity contribution is 0.0558. The van der Waals surface area contributed by atoms with Gasteiger partial charge in [0.2, 0.25) is 0 Å². The van der Waals surface area contributed by atoms with Gasteiger partial charge in [0.1, 0.15) is 0 Å². The first-order valence-electron chi connectivity index (χ1n) is 2.80. The third-order valence-electron chi connectivity index (χ3n) is 0.996. The Morgan fingerprint density at radius 3 is 2.33 bits per heavy atom. The summed E-state index contributed by atoms with van der Waals surface area (Å²) < 4.78 is 0. The van der Waals surface area contributed by atoms with Crippen molar-refractivity contribution >= 4 is 0 Å². The number of aliphatic hydroxyl groups excluding tert-OH is 3. The fourth-order valence-corrected chi connectivity index (χ4v) is 0.450. The van der Waals surface area contributed by atoms with Crippen molar-refractivity contribution in [1.29, 1.82) is 0 Å². The van der Waals surface area contributed by atoms with Crippen LogP contribution in [0.1, 0.15) is 6.42 Å². The summed E-state index contributed by atoms with van der Waals surface area (Å²) in [6.07, 6.45) is -0.0797. The second-order valence-electron chi connectivity index (χ2n) is 1.88. The molecule has 0 aliphatic rings. The van der Waals surface area contributed by atoms with E-state index in [0.717, 1.165) is 0 Å². The highest BCUT2D eigenvalue weighted by Crippen LogP contribution is 1.96. The molecule has 3 heteroatoms. The molecule has 0 fully saturated rings. The van der Waals surface area contributed by atoms with Crippen molar-refractivity contribution in [2.45, 2.75) is 18.6 Å². The van der Waals surface area contributed by atoms with Crippen molar-refractivity contribution in [2.75, 3.05) is 6.61 Å². The molecular weight excluding hydrogens is 120 g/mol. The molecule has 0 aliphatic carbocycles. The predicted octanol–water partition coefficient (Wildman–Crippen LogP) is -0.723. The maximum atomic E-state index is 8.77. The Kier molecular flexibility index (Phi) is 4.30. The normalized spacial score (nSPS) is 16.8. The molecule has 2 atom stereocenters. The van der Waals surface area contributed by atoms with Crippen LogP contribution in [0.25, 0.3) is 0 Å². The maximum Gasteiger partial charge on any atom is 0.0798 e. The smallest absolute Gasteiger partial charge is 0.0798 e. The van der Waals surface area contributed by atoms with Crippen molar-refractivity contribution in [3.63, 3.8) is 0 Å². The highest BCUT2D eigenvalue weighted by atomic mass is 16.3. The Bertz CT molecular complexity index is 82.4. The van der Waals surface area contributed by atoms with Gasteiger partial charge in [-0.2, -0.15) is 0 Å². The minimum Gasteiger partial charge on any atom is -0.394 e. The van der Waals surface area contributed by atoms with E-state index >= 15 is 0 Å². The Hall–Kier alpha value is -0.380. The average Bonchev–Trinajstić information content (AvgIpc) is 1.87. The van der Waals surface area contributed by atoms with Crippen molar-refractivity contribution in [2.24, 2.45) is 0 Å². The van der Waals surface area contributed by atoms with Gasteiger partial charge in [-0.25, -0.2) is 0 Å². The highest BCUT2D eigenvalue weighted by molar-refractivity contribution is 4.79. The van der Waals surface area contributed by atoms with Crippen LogP contribution in [-0.2, 0) is 0 Å². The van der Waals surface area contributed by atoms with E-state index in [1.807, 2.05) is 0 Å². The summed E-state index contributed by atoms with van der Waals surface area (Å²) >= 11 is 0. The van der Waals surface area contributed by atoms with Gasteiger partial charge in [-0.1, -0.05) is 6.08 Å². The van der Waals surface area contributed by atoms with Gasteiger partial charge in [0.15, 0.2) is 0 Å². The zero-order chi connectivity index (χ0) is 7.28. The number of aliphatic hydroxyl groups is 3. The van der Waals surface area contributed by atoms with E-state index < -0.39 is 12.2 Å². The summed E-state index contributed by atoms with van der Waals surface area (Å²) in [7, 11) is 0. The van der Waals surface area contributed by atoms with Gasteiger partial charge in [0, 0.05) is 6.42 Å². The van der Waals surface area contributed by atoms with E-state index in [2.05, 4.69) is 6.58 Å². The minimum absolute atomic E-state index is 0.153. The zero-order valence-corrected chi connectivity index (χ0v) is 5.20. The topological polar surface area (TPSA) is 60.7 Å². The molecule has 0 heterocycles. The van der Waals surface area contributed by atoms with Crippen LogP contribution in [0, 0.1) is 0 Å². The van der Waals surface area contributed by atoms with E-state index in [9.17, 15) is 0 Å². The van der Waals surface area contributed by atoms with Crippen molar-refractivity contribution in [3.8, 4) is 0 Å². The van der Waals surface area contributed by atoms with Gasteiger partial charge < -0.3 is 15.3 Å². The molecule has 54 valence electrons. The van der Waals surface area contributed by atoms with Crippen LogP contribution in [0.2, 0.25) is 0 Å². The molecule has 0 saturated heterocycles. The number of hydrogen-bond donors (Lipinski definition) is 3. The van der Waals surface area contributed by atoms with Crippen LogP contribution in [0.15, 0.2) is 12.7 Å². The van der Waals surface area contributed by atoms with Crippen LogP contribution in [-0.4, -0.2) is 34.1 Å². The van der Waals surface area contributed by atoms with Gasteiger partial charge in [-0.05, 0) is 0 Å². The molecule has 0 rings (SSSR count). The lowest BCUT2D eigenvalue weighted by Gasteiger charge is -2.08. The Morgan fingerprint density at radius 2 is 2.00 bits per heavy atom. The van der Waals surface area contributed by atoms with E-state index in [0.29, 0.717) is 0 Å². The van der Waals surface area contributed by atoms with E-state index in [1.165, 1.54) is 6.08 Å². The van der Waals surface area contributed by atoms with Gasteiger partial charge in [0.25, 0.3) is 0 Å². The van der Waals surface area contributed by atoms with E-state index in [1.54, 1.807) is 0 Å². The lowest BCUT2D eigenvalue weighted by Crippen LogP contribution is -2.18. The second kappa shape index (κ2) is 4.49. The molecule has 3 nitrogen and oxygen atoms in total. The summed E-state index contributed by atoms with van der Waals surface area (Å²) in [6.45, 7) is 2.99. The van der Waals surface area contributed by atoms with Crippen molar-refractivity contribution < 1.29 is 15.3 Å². The average molecular weight is 132 g/mol.